The lowest BCUT2D eigenvalue weighted by molar-refractivity contribution is -0.386. The number of nitro benzene ring substituents is 1. The van der Waals surface area contributed by atoms with Crippen LogP contribution < -0.4 is 14.8 Å². The van der Waals surface area contributed by atoms with E-state index >= 15 is 0 Å². The molecule has 0 spiro atoms. The summed E-state index contributed by atoms with van der Waals surface area (Å²) >= 11 is 0. The zero-order chi connectivity index (χ0) is 29.4. The largest absolute Gasteiger partial charge is 0.493 e. The minimum absolute atomic E-state index is 0.0486. The highest BCUT2D eigenvalue weighted by atomic mass is 16.6. The summed E-state index contributed by atoms with van der Waals surface area (Å²) in [5.41, 5.74) is 4.19. The van der Waals surface area contributed by atoms with E-state index in [0.717, 1.165) is 22.3 Å². The Kier molecular flexibility index (Phi) is 9.54. The number of rotatable bonds is 13. The van der Waals surface area contributed by atoms with Crippen LogP contribution in [0.15, 0.2) is 73.3 Å². The summed E-state index contributed by atoms with van der Waals surface area (Å²) in [5.74, 6) is -0.484. The van der Waals surface area contributed by atoms with E-state index in [4.69, 9.17) is 23.7 Å². The van der Waals surface area contributed by atoms with Gasteiger partial charge in [0.15, 0.2) is 17.5 Å². The molecule has 0 bridgehead atoms. The molecule has 214 valence electrons. The maximum Gasteiger partial charge on any atom is 0.407 e. The Bertz CT molecular complexity index is 1390. The molecule has 0 fully saturated rings. The van der Waals surface area contributed by atoms with E-state index in [1.807, 2.05) is 48.5 Å². The van der Waals surface area contributed by atoms with Crippen molar-refractivity contribution in [3.05, 3.63) is 100 Å². The number of methoxy groups -OCH3 is 2. The molecule has 0 aromatic heterocycles. The molecule has 11 nitrogen and oxygen atoms in total. The molecule has 0 heterocycles. The van der Waals surface area contributed by atoms with Crippen LogP contribution in [0, 0.1) is 10.1 Å². The van der Waals surface area contributed by atoms with Gasteiger partial charge in [0.2, 0.25) is 0 Å². The lowest BCUT2D eigenvalue weighted by atomic mass is 9.98. The normalized spacial score (nSPS) is 12.4. The molecular weight excluding hydrogens is 532 g/mol. The minimum atomic E-state index is -1.25. The van der Waals surface area contributed by atoms with Crippen LogP contribution in [0.5, 0.6) is 11.5 Å². The first-order chi connectivity index (χ1) is 19.9. The summed E-state index contributed by atoms with van der Waals surface area (Å²) in [6, 6.07) is 17.2. The Labute approximate surface area is 236 Å². The highest BCUT2D eigenvalue weighted by molar-refractivity contribution is 5.82. The number of amides is 1. The SMILES string of the molecule is C=CCOC(=O)[C@H](COCc1cc(OC)c(OC)cc1[N+](=O)[O-])NC(=O)OCC1c2ccccc2-c2ccccc21. The van der Waals surface area contributed by atoms with Crippen LogP contribution in [0.25, 0.3) is 11.1 Å². The maximum atomic E-state index is 12.8. The first-order valence-corrected chi connectivity index (χ1v) is 12.7. The predicted octanol–water partition coefficient (Wildman–Crippen LogP) is 4.77. The van der Waals surface area contributed by atoms with Gasteiger partial charge in [0, 0.05) is 5.92 Å². The highest BCUT2D eigenvalue weighted by Crippen LogP contribution is 2.44. The number of hydrogen-bond acceptors (Lipinski definition) is 9. The summed E-state index contributed by atoms with van der Waals surface area (Å²) in [6.45, 7) is 2.89. The van der Waals surface area contributed by atoms with Crippen molar-refractivity contribution in [3.8, 4) is 22.6 Å². The van der Waals surface area contributed by atoms with Crippen molar-refractivity contribution >= 4 is 17.7 Å². The Hall–Kier alpha value is -4.90. The lowest BCUT2D eigenvalue weighted by Gasteiger charge is -2.19. The average molecular weight is 563 g/mol. The molecule has 3 aromatic carbocycles. The van der Waals surface area contributed by atoms with Gasteiger partial charge in [-0.2, -0.15) is 0 Å². The molecule has 1 amide bonds. The predicted molar refractivity (Wildman–Crippen MR) is 149 cm³/mol. The van der Waals surface area contributed by atoms with Gasteiger partial charge in [0.05, 0.1) is 44.0 Å². The van der Waals surface area contributed by atoms with E-state index in [0.29, 0.717) is 0 Å². The number of ether oxygens (including phenoxy) is 5. The number of benzene rings is 3. The molecular formula is C30H30N2O9. The van der Waals surface area contributed by atoms with Crippen molar-refractivity contribution in [2.75, 3.05) is 34.0 Å². The average Bonchev–Trinajstić information content (AvgIpc) is 3.31. The molecule has 1 aliphatic carbocycles. The third kappa shape index (κ3) is 6.64. The lowest BCUT2D eigenvalue weighted by Crippen LogP contribution is -2.45. The fraction of sp³-hybridized carbons (Fsp3) is 0.267. The molecule has 11 heteroatoms. The van der Waals surface area contributed by atoms with E-state index in [1.165, 1.54) is 32.4 Å². The first-order valence-electron chi connectivity index (χ1n) is 12.7. The maximum absolute atomic E-state index is 12.8. The van der Waals surface area contributed by atoms with Crippen molar-refractivity contribution < 1.29 is 38.2 Å². The molecule has 0 radical (unpaired) electrons. The second-order valence-electron chi connectivity index (χ2n) is 9.05. The molecule has 1 atom stereocenters. The monoisotopic (exact) mass is 562 g/mol. The number of nitrogens with zero attached hydrogens (tertiary/aromatic N) is 1. The van der Waals surface area contributed by atoms with Crippen LogP contribution >= 0.6 is 0 Å². The molecule has 4 rings (SSSR count). The van der Waals surface area contributed by atoms with E-state index in [9.17, 15) is 19.7 Å². The van der Waals surface area contributed by atoms with Gasteiger partial charge in [-0.25, -0.2) is 9.59 Å². The molecule has 0 aliphatic heterocycles. The first kappa shape index (κ1) is 29.1. The Morgan fingerprint density at radius 3 is 2.20 bits per heavy atom. The molecule has 3 aromatic rings. The number of esters is 1. The third-order valence-corrected chi connectivity index (χ3v) is 6.59. The van der Waals surface area contributed by atoms with Gasteiger partial charge in [-0.3, -0.25) is 10.1 Å². The van der Waals surface area contributed by atoms with Crippen LogP contribution in [0.2, 0.25) is 0 Å². The van der Waals surface area contributed by atoms with Crippen LogP contribution in [-0.4, -0.2) is 57.1 Å². The van der Waals surface area contributed by atoms with E-state index < -0.39 is 23.0 Å². The number of alkyl carbamates (subject to hydrolysis) is 1. The zero-order valence-electron chi connectivity index (χ0n) is 22.7. The van der Waals surface area contributed by atoms with Gasteiger partial charge >= 0.3 is 12.1 Å². The Morgan fingerprint density at radius 2 is 1.61 bits per heavy atom. The van der Waals surface area contributed by atoms with Crippen molar-refractivity contribution in [1.29, 1.82) is 0 Å². The van der Waals surface area contributed by atoms with E-state index in [1.54, 1.807) is 0 Å². The second kappa shape index (κ2) is 13.4. The van der Waals surface area contributed by atoms with Crippen LogP contribution in [0.1, 0.15) is 22.6 Å². The van der Waals surface area contributed by atoms with E-state index in [-0.39, 0.29) is 55.1 Å². The van der Waals surface area contributed by atoms with Gasteiger partial charge in [-0.15, -0.1) is 0 Å². The highest BCUT2D eigenvalue weighted by Gasteiger charge is 2.30. The third-order valence-electron chi connectivity index (χ3n) is 6.59. The minimum Gasteiger partial charge on any atom is -0.493 e. The molecule has 1 aliphatic rings. The van der Waals surface area contributed by atoms with E-state index in [2.05, 4.69) is 11.9 Å². The van der Waals surface area contributed by atoms with Crippen molar-refractivity contribution in [2.45, 2.75) is 18.6 Å². The van der Waals surface area contributed by atoms with Gasteiger partial charge in [-0.1, -0.05) is 61.2 Å². The standard InChI is InChI=1S/C30H30N2O9/c1-4-13-40-29(33)25(18-39-16-19-14-27(37-2)28(38-3)15-26(19)32(35)36)31-30(34)41-17-24-22-11-7-5-9-20(22)21-10-6-8-12-23(21)24/h4-12,14-15,24-25H,1,13,16-18H2,2-3H3,(H,31,34)/t25-/m0/s1. The molecule has 0 saturated heterocycles. The van der Waals surface area contributed by atoms with Gasteiger partial charge in [-0.05, 0) is 28.3 Å². The van der Waals surface area contributed by atoms with Crippen LogP contribution in [-0.2, 0) is 25.6 Å². The number of nitro groups is 1. The van der Waals surface area contributed by atoms with Gasteiger partial charge in [0.25, 0.3) is 5.69 Å². The van der Waals surface area contributed by atoms with Crippen molar-refractivity contribution in [2.24, 2.45) is 0 Å². The van der Waals surface area contributed by atoms with Gasteiger partial charge in [0.1, 0.15) is 13.2 Å². The number of fused-ring (bicyclic) bond motifs is 3. The topological polar surface area (TPSA) is 135 Å². The summed E-state index contributed by atoms with van der Waals surface area (Å²) in [5, 5.41) is 14.1. The van der Waals surface area contributed by atoms with Crippen LogP contribution in [0.3, 0.4) is 0 Å². The fourth-order valence-corrected chi connectivity index (χ4v) is 4.68. The second-order valence-corrected chi connectivity index (χ2v) is 9.05. The van der Waals surface area contributed by atoms with Gasteiger partial charge < -0.3 is 29.0 Å². The summed E-state index contributed by atoms with van der Waals surface area (Å²) in [6.07, 6.45) is 0.545. The summed E-state index contributed by atoms with van der Waals surface area (Å²) in [7, 11) is 2.77. The van der Waals surface area contributed by atoms with Crippen molar-refractivity contribution in [3.63, 3.8) is 0 Å². The Morgan fingerprint density at radius 1 is 1.00 bits per heavy atom. The molecule has 41 heavy (non-hydrogen) atoms. The summed E-state index contributed by atoms with van der Waals surface area (Å²) in [4.78, 5) is 36.5. The van der Waals surface area contributed by atoms with Crippen LogP contribution in [0.4, 0.5) is 10.5 Å². The molecule has 0 saturated carbocycles. The zero-order valence-corrected chi connectivity index (χ0v) is 22.7. The number of hydrogen-bond donors (Lipinski definition) is 1. The number of carbonyl (C=O) groups excluding carboxylic acids is 2. The number of nitrogens with one attached hydrogen (secondary N) is 1. The smallest absolute Gasteiger partial charge is 0.407 e. The summed E-state index contributed by atoms with van der Waals surface area (Å²) < 4.78 is 26.6. The van der Waals surface area contributed by atoms with Crippen molar-refractivity contribution in [1.82, 2.24) is 5.32 Å². The molecule has 0 unspecified atom stereocenters. The Balaban J connectivity index is 1.42. The fourth-order valence-electron chi connectivity index (χ4n) is 4.68. The quantitative estimate of drug-likeness (QED) is 0.135. The number of carbonyl (C=O) groups is 2. The molecule has 1 N–H and O–H groups in total.